The normalized spacial score (nSPS) is 9.95. The maximum absolute atomic E-state index is 5.45. The first-order valence-electron chi connectivity index (χ1n) is 5.67. The summed E-state index contributed by atoms with van der Waals surface area (Å²) in [6.45, 7) is 0. The van der Waals surface area contributed by atoms with E-state index in [1.165, 1.54) is 0 Å². The monoisotopic (exact) mass is 272 g/mol. The van der Waals surface area contributed by atoms with Gasteiger partial charge in [-0.05, 0) is 0 Å². The Hall–Kier alpha value is -2.17. The highest BCUT2D eigenvalue weighted by Gasteiger charge is 2.09. The van der Waals surface area contributed by atoms with Crippen LogP contribution in [0.3, 0.4) is 0 Å². The number of nitrogens with zero attached hydrogens (tertiary/aromatic N) is 2. The lowest BCUT2D eigenvalue weighted by Gasteiger charge is -2.08. The summed E-state index contributed by atoms with van der Waals surface area (Å²) in [5.41, 5.74) is 4.49. The molecule has 4 nitrogen and oxygen atoms in total. The first-order valence-corrected chi connectivity index (χ1v) is 5.67. The summed E-state index contributed by atoms with van der Waals surface area (Å²) in [6.07, 6.45) is 0. The van der Waals surface area contributed by atoms with Gasteiger partial charge in [-0.3, -0.25) is 0 Å². The van der Waals surface area contributed by atoms with Crippen LogP contribution in [0.5, 0.6) is 0 Å². The highest BCUT2D eigenvalue weighted by molar-refractivity contribution is 5.99. The molecular weight excluding hydrogens is 260 g/mol. The second-order valence-electron chi connectivity index (χ2n) is 3.95. The summed E-state index contributed by atoms with van der Waals surface area (Å²) in [4.78, 5) is 0. The van der Waals surface area contributed by atoms with E-state index >= 15 is 0 Å². The zero-order chi connectivity index (χ0) is 12.4. The molecule has 3 N–H and O–H groups in total. The molecule has 1 heterocycles. The minimum atomic E-state index is 0. The van der Waals surface area contributed by atoms with E-state index < -0.39 is 0 Å². The van der Waals surface area contributed by atoms with Crippen molar-refractivity contribution in [2.24, 2.45) is 5.84 Å². The lowest BCUT2D eigenvalue weighted by Crippen LogP contribution is -2.10. The third-order valence-corrected chi connectivity index (χ3v) is 2.87. The van der Waals surface area contributed by atoms with Crippen molar-refractivity contribution in [1.82, 2.24) is 10.2 Å². The van der Waals surface area contributed by atoms with Gasteiger partial charge in [-0.1, -0.05) is 54.6 Å². The maximum Gasteiger partial charge on any atom is 0.170 e. The molecule has 0 unspecified atom stereocenters. The van der Waals surface area contributed by atoms with Gasteiger partial charge < -0.3 is 5.43 Å². The number of nitrogen functional groups attached to an aromatic ring is 1. The van der Waals surface area contributed by atoms with Crippen molar-refractivity contribution in [3.05, 3.63) is 54.6 Å². The molecule has 0 aliphatic carbocycles. The van der Waals surface area contributed by atoms with Gasteiger partial charge in [-0.25, -0.2) is 5.84 Å². The molecule has 0 saturated carbocycles. The Morgan fingerprint density at radius 3 is 2.11 bits per heavy atom. The number of aromatic nitrogens is 2. The van der Waals surface area contributed by atoms with Crippen molar-refractivity contribution in [2.75, 3.05) is 5.43 Å². The Morgan fingerprint density at radius 2 is 1.42 bits per heavy atom. The number of fused-ring (bicyclic) bond motifs is 1. The van der Waals surface area contributed by atoms with Crippen LogP contribution in [0.4, 0.5) is 5.82 Å². The lowest BCUT2D eigenvalue weighted by atomic mass is 10.0. The number of nitrogens with one attached hydrogen (secondary N) is 1. The van der Waals surface area contributed by atoms with E-state index in [-0.39, 0.29) is 12.4 Å². The van der Waals surface area contributed by atoms with Crippen molar-refractivity contribution < 1.29 is 0 Å². The van der Waals surface area contributed by atoms with E-state index in [2.05, 4.69) is 15.6 Å². The quantitative estimate of drug-likeness (QED) is 0.556. The molecule has 96 valence electrons. The summed E-state index contributed by atoms with van der Waals surface area (Å²) in [5, 5.41) is 10.4. The van der Waals surface area contributed by atoms with Gasteiger partial charge in [0.25, 0.3) is 0 Å². The fourth-order valence-corrected chi connectivity index (χ4v) is 2.02. The molecule has 0 radical (unpaired) electrons. The minimum Gasteiger partial charge on any atom is -0.306 e. The minimum absolute atomic E-state index is 0. The third kappa shape index (κ3) is 2.36. The van der Waals surface area contributed by atoms with Gasteiger partial charge in [0.2, 0.25) is 0 Å². The van der Waals surface area contributed by atoms with E-state index in [9.17, 15) is 0 Å². The number of rotatable bonds is 2. The number of nitrogens with two attached hydrogens (primary N) is 1. The van der Waals surface area contributed by atoms with Gasteiger partial charge >= 0.3 is 0 Å². The van der Waals surface area contributed by atoms with Gasteiger partial charge in [-0.2, -0.15) is 0 Å². The van der Waals surface area contributed by atoms with Crippen molar-refractivity contribution in [3.8, 4) is 11.3 Å². The van der Waals surface area contributed by atoms with E-state index in [0.717, 1.165) is 22.0 Å². The molecule has 3 aromatic rings. The van der Waals surface area contributed by atoms with Crippen LogP contribution in [0.25, 0.3) is 22.0 Å². The van der Waals surface area contributed by atoms with Gasteiger partial charge in [-0.15, -0.1) is 22.6 Å². The number of hydrogen-bond acceptors (Lipinski definition) is 4. The second kappa shape index (κ2) is 5.65. The molecule has 2 aromatic carbocycles. The van der Waals surface area contributed by atoms with Crippen molar-refractivity contribution >= 4 is 29.0 Å². The molecule has 0 atom stereocenters. The Balaban J connectivity index is 0.00000133. The number of hydrogen-bond donors (Lipinski definition) is 2. The molecule has 0 aliphatic rings. The first kappa shape index (κ1) is 13.3. The largest absolute Gasteiger partial charge is 0.306 e. The highest BCUT2D eigenvalue weighted by Crippen LogP contribution is 2.28. The summed E-state index contributed by atoms with van der Waals surface area (Å²) in [6, 6.07) is 17.9. The molecule has 1 aromatic heterocycles. The molecule has 0 spiro atoms. The number of anilines is 1. The van der Waals surface area contributed by atoms with Crippen LogP contribution in [0.15, 0.2) is 54.6 Å². The molecule has 0 aliphatic heterocycles. The van der Waals surface area contributed by atoms with Crippen LogP contribution < -0.4 is 11.3 Å². The van der Waals surface area contributed by atoms with E-state index in [1.807, 2.05) is 54.6 Å². The first-order chi connectivity index (χ1) is 8.90. The van der Waals surface area contributed by atoms with Crippen molar-refractivity contribution in [2.45, 2.75) is 0 Å². The van der Waals surface area contributed by atoms with Gasteiger partial charge in [0.15, 0.2) is 5.82 Å². The molecule has 5 heteroatoms. The fourth-order valence-electron chi connectivity index (χ4n) is 2.02. The highest BCUT2D eigenvalue weighted by atomic mass is 35.5. The predicted molar refractivity (Wildman–Crippen MR) is 80.0 cm³/mol. The Kier molecular flexibility index (Phi) is 3.94. The third-order valence-electron chi connectivity index (χ3n) is 2.87. The van der Waals surface area contributed by atoms with Gasteiger partial charge in [0.1, 0.15) is 5.69 Å². The zero-order valence-corrected chi connectivity index (χ0v) is 10.9. The van der Waals surface area contributed by atoms with Crippen LogP contribution in [-0.2, 0) is 0 Å². The van der Waals surface area contributed by atoms with Crippen molar-refractivity contribution in [1.29, 1.82) is 0 Å². The Morgan fingerprint density at radius 1 is 0.789 bits per heavy atom. The summed E-state index contributed by atoms with van der Waals surface area (Å²) >= 11 is 0. The van der Waals surface area contributed by atoms with Crippen LogP contribution in [0.2, 0.25) is 0 Å². The number of hydrazine groups is 1. The zero-order valence-electron chi connectivity index (χ0n) is 10.1. The number of halogens is 1. The SMILES string of the molecule is Cl.NNc1nnc(-c2ccccc2)c2ccccc12. The Bertz CT molecular complexity index is 685. The molecule has 19 heavy (non-hydrogen) atoms. The molecule has 0 amide bonds. The van der Waals surface area contributed by atoms with Crippen LogP contribution >= 0.6 is 12.4 Å². The van der Waals surface area contributed by atoms with E-state index in [4.69, 9.17) is 5.84 Å². The molecule has 0 saturated heterocycles. The summed E-state index contributed by atoms with van der Waals surface area (Å²) in [7, 11) is 0. The molecular formula is C14H13ClN4. The summed E-state index contributed by atoms with van der Waals surface area (Å²) in [5.74, 6) is 6.04. The van der Waals surface area contributed by atoms with Gasteiger partial charge in [0, 0.05) is 16.3 Å². The lowest BCUT2D eigenvalue weighted by molar-refractivity contribution is 1.04. The molecule has 3 rings (SSSR count). The van der Waals surface area contributed by atoms with E-state index in [1.54, 1.807) is 0 Å². The summed E-state index contributed by atoms with van der Waals surface area (Å²) < 4.78 is 0. The maximum atomic E-state index is 5.45. The van der Waals surface area contributed by atoms with Crippen LogP contribution in [0.1, 0.15) is 0 Å². The van der Waals surface area contributed by atoms with E-state index in [0.29, 0.717) is 5.82 Å². The average molecular weight is 273 g/mol. The second-order valence-corrected chi connectivity index (χ2v) is 3.95. The standard InChI is InChI=1S/C14H12N4.ClH/c15-16-14-12-9-5-4-8-11(12)13(17-18-14)10-6-2-1-3-7-10;/h1-9H,15H2,(H,16,18);1H. The smallest absolute Gasteiger partial charge is 0.170 e. The topological polar surface area (TPSA) is 63.8 Å². The molecule has 0 bridgehead atoms. The van der Waals surface area contributed by atoms with Crippen molar-refractivity contribution in [3.63, 3.8) is 0 Å². The fraction of sp³-hybridized carbons (Fsp3) is 0. The van der Waals surface area contributed by atoms with Gasteiger partial charge in [0.05, 0.1) is 0 Å². The number of benzene rings is 2. The average Bonchev–Trinajstić information content (AvgIpc) is 2.47. The molecule has 0 fully saturated rings. The predicted octanol–water partition coefficient (Wildman–Crippen LogP) is 3.00. The van der Waals surface area contributed by atoms with Crippen LogP contribution in [-0.4, -0.2) is 10.2 Å². The Labute approximate surface area is 117 Å². The van der Waals surface area contributed by atoms with Crippen LogP contribution in [0, 0.1) is 0 Å².